The van der Waals surface area contributed by atoms with Crippen molar-refractivity contribution in [2.24, 2.45) is 11.8 Å². The molecule has 0 aliphatic rings. The number of benzene rings is 1. The van der Waals surface area contributed by atoms with Crippen LogP contribution in [0.1, 0.15) is 13.8 Å². The van der Waals surface area contributed by atoms with E-state index in [4.69, 9.17) is 5.11 Å². The van der Waals surface area contributed by atoms with Crippen LogP contribution >= 0.6 is 15.9 Å². The first kappa shape index (κ1) is 14.0. The molecule has 0 bridgehead atoms. The molecular weight excluding hydrogens is 289 g/mol. The van der Waals surface area contributed by atoms with Crippen LogP contribution in [-0.4, -0.2) is 17.6 Å². The predicted octanol–water partition coefficient (Wildman–Crippen LogP) is 3.36. The fraction of sp³-hybridized carbons (Fsp3) is 0.417. The van der Waals surface area contributed by atoms with Crippen LogP contribution in [0, 0.1) is 17.7 Å². The molecule has 94 valence electrons. The second-order valence-corrected chi connectivity index (χ2v) is 5.11. The lowest BCUT2D eigenvalue weighted by Crippen LogP contribution is -2.27. The van der Waals surface area contributed by atoms with Crippen LogP contribution in [0.25, 0.3) is 0 Å². The molecule has 1 aromatic carbocycles. The van der Waals surface area contributed by atoms with Gasteiger partial charge in [-0.2, -0.15) is 0 Å². The Morgan fingerprint density at radius 3 is 2.71 bits per heavy atom. The standard InChI is InChI=1S/C12H15BrFNO2/c1-7(2)9(12(16)17)6-15-11-5-8(13)3-4-10(11)14/h3-5,7,9,15H,6H2,1-2H3,(H,16,17). The van der Waals surface area contributed by atoms with Crippen molar-refractivity contribution in [3.63, 3.8) is 0 Å². The summed E-state index contributed by atoms with van der Waals surface area (Å²) in [4.78, 5) is 11.0. The van der Waals surface area contributed by atoms with Crippen molar-refractivity contribution >= 4 is 27.6 Å². The molecule has 0 aliphatic heterocycles. The Hall–Kier alpha value is -1.10. The van der Waals surface area contributed by atoms with Crippen molar-refractivity contribution < 1.29 is 14.3 Å². The zero-order chi connectivity index (χ0) is 13.0. The van der Waals surface area contributed by atoms with Crippen LogP contribution in [0.3, 0.4) is 0 Å². The highest BCUT2D eigenvalue weighted by atomic mass is 79.9. The van der Waals surface area contributed by atoms with Gasteiger partial charge in [0.15, 0.2) is 0 Å². The molecule has 2 N–H and O–H groups in total. The van der Waals surface area contributed by atoms with E-state index in [9.17, 15) is 9.18 Å². The zero-order valence-corrected chi connectivity index (χ0v) is 11.3. The van der Waals surface area contributed by atoms with E-state index in [0.29, 0.717) is 5.69 Å². The van der Waals surface area contributed by atoms with Gasteiger partial charge in [-0.25, -0.2) is 4.39 Å². The third-order valence-corrected chi connectivity index (χ3v) is 3.06. The van der Waals surface area contributed by atoms with E-state index >= 15 is 0 Å². The van der Waals surface area contributed by atoms with Gasteiger partial charge in [0.1, 0.15) is 5.82 Å². The Kier molecular flexibility index (Phi) is 4.93. The van der Waals surface area contributed by atoms with Gasteiger partial charge < -0.3 is 10.4 Å². The highest BCUT2D eigenvalue weighted by Gasteiger charge is 2.21. The fourth-order valence-electron chi connectivity index (χ4n) is 1.46. The van der Waals surface area contributed by atoms with Crippen molar-refractivity contribution in [3.8, 4) is 0 Å². The summed E-state index contributed by atoms with van der Waals surface area (Å²) in [5, 5.41) is 11.8. The summed E-state index contributed by atoms with van der Waals surface area (Å²) in [5.41, 5.74) is 0.311. The Labute approximate surface area is 108 Å². The van der Waals surface area contributed by atoms with Gasteiger partial charge in [-0.05, 0) is 24.1 Å². The average Bonchev–Trinajstić information content (AvgIpc) is 2.22. The smallest absolute Gasteiger partial charge is 0.308 e. The minimum atomic E-state index is -0.872. The highest BCUT2D eigenvalue weighted by molar-refractivity contribution is 9.10. The first-order valence-electron chi connectivity index (χ1n) is 5.33. The molecule has 0 saturated heterocycles. The Bertz CT molecular complexity index is 409. The van der Waals surface area contributed by atoms with Crippen molar-refractivity contribution in [3.05, 3.63) is 28.5 Å². The molecule has 3 nitrogen and oxygen atoms in total. The molecule has 1 aromatic rings. The molecular formula is C12H15BrFNO2. The summed E-state index contributed by atoms with van der Waals surface area (Å²) in [6.45, 7) is 3.87. The van der Waals surface area contributed by atoms with Crippen molar-refractivity contribution in [2.75, 3.05) is 11.9 Å². The van der Waals surface area contributed by atoms with Crippen molar-refractivity contribution in [1.29, 1.82) is 0 Å². The summed E-state index contributed by atoms with van der Waals surface area (Å²) in [6.07, 6.45) is 0. The van der Waals surface area contributed by atoms with Crippen LogP contribution in [0.2, 0.25) is 0 Å². The predicted molar refractivity (Wildman–Crippen MR) is 68.6 cm³/mol. The van der Waals surface area contributed by atoms with Gasteiger partial charge in [0.05, 0.1) is 11.6 Å². The topological polar surface area (TPSA) is 49.3 Å². The van der Waals surface area contributed by atoms with E-state index in [1.807, 2.05) is 13.8 Å². The third kappa shape index (κ3) is 4.00. The van der Waals surface area contributed by atoms with Gasteiger partial charge in [-0.1, -0.05) is 29.8 Å². The van der Waals surface area contributed by atoms with Crippen LogP contribution in [0.4, 0.5) is 10.1 Å². The van der Waals surface area contributed by atoms with Gasteiger partial charge in [0, 0.05) is 11.0 Å². The molecule has 1 atom stereocenters. The molecule has 5 heteroatoms. The number of rotatable bonds is 5. The maximum Gasteiger partial charge on any atom is 0.308 e. The molecule has 0 heterocycles. The summed E-state index contributed by atoms with van der Waals surface area (Å²) in [5.74, 6) is -1.80. The number of halogens is 2. The minimum absolute atomic E-state index is 0.00443. The molecule has 0 saturated carbocycles. The van der Waals surface area contributed by atoms with Gasteiger partial charge in [-0.3, -0.25) is 4.79 Å². The first-order chi connectivity index (χ1) is 7.91. The van der Waals surface area contributed by atoms with Crippen LogP contribution in [-0.2, 0) is 4.79 Å². The van der Waals surface area contributed by atoms with Gasteiger partial charge in [-0.15, -0.1) is 0 Å². The number of aliphatic carboxylic acids is 1. The average molecular weight is 304 g/mol. The molecule has 1 rings (SSSR count). The summed E-state index contributed by atoms with van der Waals surface area (Å²) >= 11 is 3.24. The lowest BCUT2D eigenvalue weighted by molar-refractivity contribution is -0.142. The molecule has 0 aliphatic carbocycles. The number of hydrogen-bond donors (Lipinski definition) is 2. The Balaban J connectivity index is 2.72. The summed E-state index contributed by atoms with van der Waals surface area (Å²) < 4.78 is 14.1. The van der Waals surface area contributed by atoms with Gasteiger partial charge in [0.2, 0.25) is 0 Å². The molecule has 1 unspecified atom stereocenters. The zero-order valence-electron chi connectivity index (χ0n) is 9.71. The summed E-state index contributed by atoms with van der Waals surface area (Å²) in [6, 6.07) is 4.52. The number of carboxylic acid groups (broad SMARTS) is 1. The number of anilines is 1. The summed E-state index contributed by atoms with van der Waals surface area (Å²) in [7, 11) is 0. The number of nitrogens with one attached hydrogen (secondary N) is 1. The van der Waals surface area contributed by atoms with Crippen molar-refractivity contribution in [2.45, 2.75) is 13.8 Å². The second-order valence-electron chi connectivity index (χ2n) is 4.19. The van der Waals surface area contributed by atoms with E-state index in [-0.39, 0.29) is 18.3 Å². The first-order valence-corrected chi connectivity index (χ1v) is 6.13. The Morgan fingerprint density at radius 2 is 2.18 bits per heavy atom. The van der Waals surface area contributed by atoms with E-state index < -0.39 is 11.9 Å². The molecule has 0 radical (unpaired) electrons. The third-order valence-electron chi connectivity index (χ3n) is 2.56. The maximum absolute atomic E-state index is 13.4. The molecule has 0 aromatic heterocycles. The molecule has 0 amide bonds. The van der Waals surface area contributed by atoms with Crippen LogP contribution < -0.4 is 5.32 Å². The van der Waals surface area contributed by atoms with Crippen LogP contribution in [0.15, 0.2) is 22.7 Å². The number of carbonyl (C=O) groups is 1. The number of carboxylic acids is 1. The van der Waals surface area contributed by atoms with Gasteiger partial charge >= 0.3 is 5.97 Å². The second kappa shape index (κ2) is 6.00. The monoisotopic (exact) mass is 303 g/mol. The largest absolute Gasteiger partial charge is 0.481 e. The molecule has 0 fully saturated rings. The highest BCUT2D eigenvalue weighted by Crippen LogP contribution is 2.21. The lowest BCUT2D eigenvalue weighted by atomic mass is 9.96. The van der Waals surface area contributed by atoms with E-state index in [0.717, 1.165) is 4.47 Å². The number of hydrogen-bond acceptors (Lipinski definition) is 2. The van der Waals surface area contributed by atoms with Gasteiger partial charge in [0.25, 0.3) is 0 Å². The van der Waals surface area contributed by atoms with Crippen molar-refractivity contribution in [1.82, 2.24) is 0 Å². The SMILES string of the molecule is CC(C)C(CNc1cc(Br)ccc1F)C(=O)O. The molecule has 17 heavy (non-hydrogen) atoms. The maximum atomic E-state index is 13.4. The fourth-order valence-corrected chi connectivity index (χ4v) is 1.82. The normalized spacial score (nSPS) is 12.5. The quantitative estimate of drug-likeness (QED) is 0.877. The lowest BCUT2D eigenvalue weighted by Gasteiger charge is -2.17. The Morgan fingerprint density at radius 1 is 1.53 bits per heavy atom. The minimum Gasteiger partial charge on any atom is -0.481 e. The molecule has 0 spiro atoms. The van der Waals surface area contributed by atoms with Crippen LogP contribution in [0.5, 0.6) is 0 Å². The van der Waals surface area contributed by atoms with E-state index in [1.165, 1.54) is 6.07 Å². The van der Waals surface area contributed by atoms with E-state index in [1.54, 1.807) is 12.1 Å². The van der Waals surface area contributed by atoms with E-state index in [2.05, 4.69) is 21.2 Å².